The number of hydrogen-bond acceptors (Lipinski definition) is 2. The van der Waals surface area contributed by atoms with Crippen LogP contribution in [-0.2, 0) is 11.2 Å². The normalized spacial score (nSPS) is 11.3. The molecule has 3 aromatic rings. The zero-order valence-electron chi connectivity index (χ0n) is 13.3. The summed E-state index contributed by atoms with van der Waals surface area (Å²) in [6, 6.07) is 12.2. The molecule has 0 saturated heterocycles. The number of halogens is 1. The van der Waals surface area contributed by atoms with E-state index >= 15 is 0 Å². The summed E-state index contributed by atoms with van der Waals surface area (Å²) in [6.45, 7) is 1.63. The summed E-state index contributed by atoms with van der Waals surface area (Å²) in [5, 5.41) is 10.1. The number of para-hydroxylation sites is 1. The molecule has 4 nitrogen and oxygen atoms in total. The molecule has 0 aliphatic carbocycles. The van der Waals surface area contributed by atoms with Crippen LogP contribution in [0.5, 0.6) is 0 Å². The standard InChI is InChI=1S/C19H18N2O2.ClH/c1-14(19(22)23)6-4-7-15-13-21(16-8-5-11-20-12-16)18-10-3-2-9-17(15)18;/h2-3,5-6,8-13H,4,7H2,1H3,(H,22,23);1H/b14-6-;. The van der Waals surface area contributed by atoms with Crippen molar-refractivity contribution >= 4 is 29.3 Å². The summed E-state index contributed by atoms with van der Waals surface area (Å²) < 4.78 is 2.13. The number of fused-ring (bicyclic) bond motifs is 1. The van der Waals surface area contributed by atoms with Gasteiger partial charge in [0.1, 0.15) is 0 Å². The fourth-order valence-electron chi connectivity index (χ4n) is 2.69. The average Bonchev–Trinajstić information content (AvgIpc) is 2.94. The number of benzene rings is 1. The molecule has 0 fully saturated rings. The van der Waals surface area contributed by atoms with Crippen molar-refractivity contribution in [1.29, 1.82) is 0 Å². The fourth-order valence-corrected chi connectivity index (χ4v) is 2.69. The minimum Gasteiger partial charge on any atom is -0.478 e. The third-order valence-corrected chi connectivity index (χ3v) is 3.92. The maximum absolute atomic E-state index is 10.9. The zero-order valence-corrected chi connectivity index (χ0v) is 14.2. The molecule has 124 valence electrons. The van der Waals surface area contributed by atoms with Gasteiger partial charge in [-0.2, -0.15) is 0 Å². The number of allylic oxidation sites excluding steroid dienone is 1. The highest BCUT2D eigenvalue weighted by Crippen LogP contribution is 2.25. The van der Waals surface area contributed by atoms with Crippen molar-refractivity contribution in [1.82, 2.24) is 9.55 Å². The first kappa shape index (κ1) is 17.8. The van der Waals surface area contributed by atoms with Gasteiger partial charge in [-0.25, -0.2) is 4.79 Å². The van der Waals surface area contributed by atoms with Gasteiger partial charge in [0.05, 0.1) is 17.4 Å². The summed E-state index contributed by atoms with van der Waals surface area (Å²) in [7, 11) is 0. The van der Waals surface area contributed by atoms with Crippen molar-refractivity contribution in [3.63, 3.8) is 0 Å². The van der Waals surface area contributed by atoms with E-state index in [9.17, 15) is 4.79 Å². The van der Waals surface area contributed by atoms with Crippen LogP contribution in [0, 0.1) is 0 Å². The molecule has 2 aromatic heterocycles. The number of aliphatic carboxylic acids is 1. The number of carboxylic acid groups (broad SMARTS) is 1. The van der Waals surface area contributed by atoms with Crippen LogP contribution in [0.15, 0.2) is 66.6 Å². The van der Waals surface area contributed by atoms with E-state index in [0.717, 1.165) is 17.6 Å². The monoisotopic (exact) mass is 342 g/mol. The van der Waals surface area contributed by atoms with Crippen LogP contribution >= 0.6 is 12.4 Å². The van der Waals surface area contributed by atoms with Crippen LogP contribution in [0.25, 0.3) is 16.6 Å². The van der Waals surface area contributed by atoms with Gasteiger partial charge >= 0.3 is 5.97 Å². The Bertz CT molecular complexity index is 869. The Labute approximate surface area is 146 Å². The van der Waals surface area contributed by atoms with Crippen molar-refractivity contribution in [3.05, 3.63) is 72.2 Å². The van der Waals surface area contributed by atoms with Crippen LogP contribution in [0.4, 0.5) is 0 Å². The fraction of sp³-hybridized carbons (Fsp3) is 0.158. The molecule has 0 aliphatic heterocycles. The summed E-state index contributed by atoms with van der Waals surface area (Å²) >= 11 is 0. The third-order valence-electron chi connectivity index (χ3n) is 3.92. The maximum Gasteiger partial charge on any atom is 0.330 e. The Morgan fingerprint density at radius 2 is 2.04 bits per heavy atom. The van der Waals surface area contributed by atoms with Gasteiger partial charge in [-0.1, -0.05) is 24.3 Å². The summed E-state index contributed by atoms with van der Waals surface area (Å²) in [5.41, 5.74) is 3.75. The van der Waals surface area contributed by atoms with E-state index in [2.05, 4.69) is 27.9 Å². The highest BCUT2D eigenvalue weighted by molar-refractivity contribution is 5.86. The lowest BCUT2D eigenvalue weighted by molar-refractivity contribution is -0.132. The summed E-state index contributed by atoms with van der Waals surface area (Å²) in [5.74, 6) is -0.859. The van der Waals surface area contributed by atoms with Gasteiger partial charge in [-0.15, -0.1) is 12.4 Å². The van der Waals surface area contributed by atoms with Crippen molar-refractivity contribution < 1.29 is 9.90 Å². The second-order valence-electron chi connectivity index (χ2n) is 5.48. The molecule has 0 amide bonds. The first-order chi connectivity index (χ1) is 11.2. The Kier molecular flexibility index (Phi) is 5.77. The molecule has 0 unspecified atom stereocenters. The van der Waals surface area contributed by atoms with Gasteiger partial charge in [0.2, 0.25) is 0 Å². The molecular formula is C19H19ClN2O2. The number of pyridine rings is 1. The Morgan fingerprint density at radius 1 is 1.25 bits per heavy atom. The lowest BCUT2D eigenvalue weighted by Gasteiger charge is -2.03. The molecule has 0 aliphatic rings. The molecular weight excluding hydrogens is 324 g/mol. The van der Waals surface area contributed by atoms with Crippen LogP contribution in [0.1, 0.15) is 18.9 Å². The van der Waals surface area contributed by atoms with Gasteiger partial charge in [0.15, 0.2) is 0 Å². The number of hydrogen-bond donors (Lipinski definition) is 1. The Morgan fingerprint density at radius 3 is 2.75 bits per heavy atom. The molecule has 0 radical (unpaired) electrons. The van der Waals surface area contributed by atoms with E-state index in [1.54, 1.807) is 19.2 Å². The van der Waals surface area contributed by atoms with E-state index in [0.29, 0.717) is 12.0 Å². The molecule has 1 N–H and O–H groups in total. The van der Waals surface area contributed by atoms with Crippen molar-refractivity contribution in [2.24, 2.45) is 0 Å². The number of aryl methyl sites for hydroxylation is 1. The molecule has 0 bridgehead atoms. The second kappa shape index (κ2) is 7.79. The van der Waals surface area contributed by atoms with Gasteiger partial charge in [-0.3, -0.25) is 4.98 Å². The lowest BCUT2D eigenvalue weighted by Crippen LogP contribution is -1.96. The third kappa shape index (κ3) is 3.66. The predicted molar refractivity (Wildman–Crippen MR) is 98.0 cm³/mol. The molecule has 24 heavy (non-hydrogen) atoms. The Balaban J connectivity index is 0.00000208. The maximum atomic E-state index is 10.9. The van der Waals surface area contributed by atoms with E-state index in [-0.39, 0.29) is 12.4 Å². The highest BCUT2D eigenvalue weighted by atomic mass is 35.5. The first-order valence-corrected chi connectivity index (χ1v) is 7.56. The van der Waals surface area contributed by atoms with E-state index in [4.69, 9.17) is 5.11 Å². The molecule has 0 spiro atoms. The minimum absolute atomic E-state index is 0. The molecule has 1 aromatic carbocycles. The van der Waals surface area contributed by atoms with E-state index < -0.39 is 5.97 Å². The van der Waals surface area contributed by atoms with Crippen molar-refractivity contribution in [3.8, 4) is 5.69 Å². The van der Waals surface area contributed by atoms with Gasteiger partial charge in [-0.05, 0) is 43.5 Å². The van der Waals surface area contributed by atoms with Crippen LogP contribution in [0.3, 0.4) is 0 Å². The smallest absolute Gasteiger partial charge is 0.330 e. The summed E-state index contributed by atoms with van der Waals surface area (Å²) in [6.07, 6.45) is 9.00. The topological polar surface area (TPSA) is 55.1 Å². The molecule has 3 rings (SSSR count). The van der Waals surface area contributed by atoms with Crippen LogP contribution < -0.4 is 0 Å². The van der Waals surface area contributed by atoms with Crippen molar-refractivity contribution in [2.75, 3.05) is 0 Å². The predicted octanol–water partition coefficient (Wildman–Crippen LogP) is 4.41. The largest absolute Gasteiger partial charge is 0.478 e. The van der Waals surface area contributed by atoms with E-state index in [1.807, 2.05) is 30.5 Å². The van der Waals surface area contributed by atoms with Gasteiger partial charge in [0.25, 0.3) is 0 Å². The lowest BCUT2D eigenvalue weighted by atomic mass is 10.1. The summed E-state index contributed by atoms with van der Waals surface area (Å²) in [4.78, 5) is 15.1. The number of rotatable bonds is 5. The average molecular weight is 343 g/mol. The van der Waals surface area contributed by atoms with E-state index in [1.165, 1.54) is 10.9 Å². The number of nitrogens with zero attached hydrogens (tertiary/aromatic N) is 2. The van der Waals surface area contributed by atoms with Crippen LogP contribution in [0.2, 0.25) is 0 Å². The molecule has 0 atom stereocenters. The SMILES string of the molecule is C/C(=C/CCc1cn(-c2cccnc2)c2ccccc12)C(=O)O.Cl. The second-order valence-corrected chi connectivity index (χ2v) is 5.48. The highest BCUT2D eigenvalue weighted by Gasteiger charge is 2.09. The zero-order chi connectivity index (χ0) is 16.2. The molecule has 2 heterocycles. The number of carbonyl (C=O) groups is 1. The minimum atomic E-state index is -0.859. The first-order valence-electron chi connectivity index (χ1n) is 7.56. The molecule has 0 saturated carbocycles. The van der Waals surface area contributed by atoms with Crippen molar-refractivity contribution in [2.45, 2.75) is 19.8 Å². The van der Waals surface area contributed by atoms with Gasteiger partial charge in [0, 0.05) is 23.4 Å². The quantitative estimate of drug-likeness (QED) is 0.699. The number of carboxylic acids is 1. The Hall–Kier alpha value is -2.59. The molecule has 5 heteroatoms. The van der Waals surface area contributed by atoms with Gasteiger partial charge < -0.3 is 9.67 Å². The number of aromatic nitrogens is 2. The van der Waals surface area contributed by atoms with Crippen LogP contribution in [-0.4, -0.2) is 20.6 Å².